The van der Waals surface area contributed by atoms with Gasteiger partial charge in [-0.2, -0.15) is 0 Å². The van der Waals surface area contributed by atoms with E-state index in [4.69, 9.17) is 11.6 Å². The number of fused-ring (bicyclic) bond motifs is 1. The number of alkyl halides is 1. The summed E-state index contributed by atoms with van der Waals surface area (Å²) >= 11 is 11.0. The van der Waals surface area contributed by atoms with Gasteiger partial charge >= 0.3 is 0 Å². The molecule has 0 amide bonds. The molecule has 1 aromatic heterocycles. The number of aromatic nitrogens is 1. The molecule has 62 valence electrons. The Morgan fingerprint density at radius 2 is 2.33 bits per heavy atom. The van der Waals surface area contributed by atoms with Gasteiger partial charge in [-0.25, -0.2) is 4.98 Å². The number of hydrogen-bond acceptors (Lipinski definition) is 2. The molecule has 0 unspecified atom stereocenters. The van der Waals surface area contributed by atoms with Crippen molar-refractivity contribution >= 4 is 49.1 Å². The van der Waals surface area contributed by atoms with E-state index in [1.165, 1.54) is 5.56 Å². The minimum atomic E-state index is 0.789. The smallest absolute Gasteiger partial charge is 0.0867 e. The SMILES string of the molecule is Clc1ccc(CBr)c2ncsc12. The van der Waals surface area contributed by atoms with Gasteiger partial charge in [-0.3, -0.25) is 0 Å². The van der Waals surface area contributed by atoms with Crippen LogP contribution in [0.3, 0.4) is 0 Å². The van der Waals surface area contributed by atoms with E-state index in [0.29, 0.717) is 0 Å². The Morgan fingerprint density at radius 1 is 1.50 bits per heavy atom. The fourth-order valence-corrected chi connectivity index (χ4v) is 2.56. The number of hydrogen-bond donors (Lipinski definition) is 0. The van der Waals surface area contributed by atoms with Gasteiger partial charge < -0.3 is 0 Å². The maximum absolute atomic E-state index is 5.98. The molecular formula is C8H5BrClNS. The second-order valence-electron chi connectivity index (χ2n) is 2.37. The highest BCUT2D eigenvalue weighted by molar-refractivity contribution is 9.08. The van der Waals surface area contributed by atoms with Crippen molar-refractivity contribution in [3.63, 3.8) is 0 Å². The van der Waals surface area contributed by atoms with E-state index in [2.05, 4.69) is 20.9 Å². The summed E-state index contributed by atoms with van der Waals surface area (Å²) in [5.74, 6) is 0. The third kappa shape index (κ3) is 1.26. The molecule has 12 heavy (non-hydrogen) atoms. The lowest BCUT2D eigenvalue weighted by Crippen LogP contribution is -1.79. The Balaban J connectivity index is 2.82. The third-order valence-corrected chi connectivity index (χ3v) is 3.55. The van der Waals surface area contributed by atoms with Crippen LogP contribution in [0.15, 0.2) is 17.6 Å². The van der Waals surface area contributed by atoms with E-state index in [9.17, 15) is 0 Å². The van der Waals surface area contributed by atoms with Crippen molar-refractivity contribution in [3.05, 3.63) is 28.2 Å². The summed E-state index contributed by atoms with van der Waals surface area (Å²) in [6.07, 6.45) is 0. The van der Waals surface area contributed by atoms with Crippen molar-refractivity contribution in [2.45, 2.75) is 5.33 Å². The van der Waals surface area contributed by atoms with Crippen LogP contribution in [0.1, 0.15) is 5.56 Å². The standard InChI is InChI=1S/C8H5BrClNS/c9-3-5-1-2-6(10)8-7(5)11-4-12-8/h1-2,4H,3H2. The van der Waals surface area contributed by atoms with Gasteiger partial charge in [0.2, 0.25) is 0 Å². The lowest BCUT2D eigenvalue weighted by atomic mass is 10.2. The van der Waals surface area contributed by atoms with Gasteiger partial charge in [0.05, 0.1) is 20.7 Å². The second-order valence-corrected chi connectivity index (χ2v) is 4.19. The number of rotatable bonds is 1. The van der Waals surface area contributed by atoms with Crippen molar-refractivity contribution < 1.29 is 0 Å². The van der Waals surface area contributed by atoms with Crippen molar-refractivity contribution in [2.75, 3.05) is 0 Å². The number of nitrogens with zero attached hydrogens (tertiary/aromatic N) is 1. The maximum Gasteiger partial charge on any atom is 0.0867 e. The number of thiazole rings is 1. The topological polar surface area (TPSA) is 12.9 Å². The van der Waals surface area contributed by atoms with E-state index in [1.54, 1.807) is 11.3 Å². The fraction of sp³-hybridized carbons (Fsp3) is 0.125. The molecule has 0 saturated carbocycles. The molecule has 0 aliphatic heterocycles. The van der Waals surface area contributed by atoms with Gasteiger partial charge in [0.1, 0.15) is 0 Å². The Kier molecular flexibility index (Phi) is 2.35. The summed E-state index contributed by atoms with van der Waals surface area (Å²) in [5, 5.41) is 1.61. The Morgan fingerprint density at radius 3 is 3.08 bits per heavy atom. The highest BCUT2D eigenvalue weighted by atomic mass is 79.9. The lowest BCUT2D eigenvalue weighted by molar-refractivity contribution is 1.41. The van der Waals surface area contributed by atoms with Crippen LogP contribution in [0.5, 0.6) is 0 Å². The summed E-state index contributed by atoms with van der Waals surface area (Å²) in [5.41, 5.74) is 4.03. The van der Waals surface area contributed by atoms with Crippen LogP contribution >= 0.6 is 38.9 Å². The summed E-state index contributed by atoms with van der Waals surface area (Å²) in [7, 11) is 0. The summed E-state index contributed by atoms with van der Waals surface area (Å²) in [6, 6.07) is 3.91. The molecule has 0 spiro atoms. The lowest BCUT2D eigenvalue weighted by Gasteiger charge is -1.97. The maximum atomic E-state index is 5.98. The minimum Gasteiger partial charge on any atom is -0.244 e. The van der Waals surface area contributed by atoms with E-state index >= 15 is 0 Å². The van der Waals surface area contributed by atoms with Gasteiger partial charge in [0, 0.05) is 5.33 Å². The van der Waals surface area contributed by atoms with E-state index < -0.39 is 0 Å². The van der Waals surface area contributed by atoms with Crippen LogP contribution < -0.4 is 0 Å². The van der Waals surface area contributed by atoms with Crippen LogP contribution in [0.2, 0.25) is 5.02 Å². The van der Waals surface area contributed by atoms with Gasteiger partial charge in [0.25, 0.3) is 0 Å². The van der Waals surface area contributed by atoms with Crippen LogP contribution in [0, 0.1) is 0 Å². The normalized spacial score (nSPS) is 10.8. The Hall–Kier alpha value is -0.120. The van der Waals surface area contributed by atoms with E-state index in [0.717, 1.165) is 20.6 Å². The zero-order valence-corrected chi connectivity index (χ0v) is 9.21. The molecule has 0 aliphatic carbocycles. The summed E-state index contributed by atoms with van der Waals surface area (Å²) in [6.45, 7) is 0. The highest BCUT2D eigenvalue weighted by Gasteiger charge is 2.05. The minimum absolute atomic E-state index is 0.789. The molecule has 0 fully saturated rings. The molecule has 1 nitrogen and oxygen atoms in total. The molecule has 4 heteroatoms. The molecule has 0 radical (unpaired) electrons. The first-order valence-corrected chi connectivity index (χ1v) is 5.77. The Bertz CT molecular complexity index is 412. The average molecular weight is 263 g/mol. The van der Waals surface area contributed by atoms with Gasteiger partial charge in [-0.05, 0) is 11.6 Å². The van der Waals surface area contributed by atoms with Crippen molar-refractivity contribution in [1.29, 1.82) is 0 Å². The zero-order chi connectivity index (χ0) is 8.55. The zero-order valence-electron chi connectivity index (χ0n) is 6.05. The molecule has 0 bridgehead atoms. The van der Waals surface area contributed by atoms with Gasteiger partial charge in [-0.1, -0.05) is 33.6 Å². The molecule has 0 aliphatic rings. The monoisotopic (exact) mass is 261 g/mol. The third-order valence-electron chi connectivity index (χ3n) is 1.66. The number of halogens is 2. The summed E-state index contributed by atoms with van der Waals surface area (Å²) in [4.78, 5) is 4.25. The van der Waals surface area contributed by atoms with Crippen molar-refractivity contribution in [2.24, 2.45) is 0 Å². The van der Waals surface area contributed by atoms with Gasteiger partial charge in [0.15, 0.2) is 0 Å². The molecule has 0 N–H and O–H groups in total. The molecule has 1 heterocycles. The number of benzene rings is 1. The molecule has 0 atom stereocenters. The predicted molar refractivity (Wildman–Crippen MR) is 57.3 cm³/mol. The first kappa shape index (κ1) is 8.48. The molecule has 2 aromatic rings. The van der Waals surface area contributed by atoms with Crippen LogP contribution in [0.4, 0.5) is 0 Å². The molecular weight excluding hydrogens is 258 g/mol. The highest BCUT2D eigenvalue weighted by Crippen LogP contribution is 2.29. The van der Waals surface area contributed by atoms with E-state index in [-0.39, 0.29) is 0 Å². The fourth-order valence-electron chi connectivity index (χ4n) is 1.08. The van der Waals surface area contributed by atoms with Crippen LogP contribution in [-0.4, -0.2) is 4.98 Å². The quantitative estimate of drug-likeness (QED) is 0.712. The largest absolute Gasteiger partial charge is 0.244 e. The van der Waals surface area contributed by atoms with Crippen molar-refractivity contribution in [1.82, 2.24) is 4.98 Å². The van der Waals surface area contributed by atoms with Crippen LogP contribution in [-0.2, 0) is 5.33 Å². The first-order chi connectivity index (χ1) is 5.83. The van der Waals surface area contributed by atoms with Gasteiger partial charge in [-0.15, -0.1) is 11.3 Å². The molecule has 0 saturated heterocycles. The van der Waals surface area contributed by atoms with E-state index in [1.807, 2.05) is 17.6 Å². The van der Waals surface area contributed by atoms with Crippen molar-refractivity contribution in [3.8, 4) is 0 Å². The molecule has 2 rings (SSSR count). The molecule has 1 aromatic carbocycles. The average Bonchev–Trinajstić information content (AvgIpc) is 2.54. The predicted octanol–water partition coefficient (Wildman–Crippen LogP) is 3.84. The Labute approximate surface area is 87.5 Å². The second kappa shape index (κ2) is 3.32. The van der Waals surface area contributed by atoms with Crippen LogP contribution in [0.25, 0.3) is 10.2 Å². The summed E-state index contributed by atoms with van der Waals surface area (Å²) < 4.78 is 1.08. The first-order valence-electron chi connectivity index (χ1n) is 3.39.